The zero-order valence-electron chi connectivity index (χ0n) is 18.2. The summed E-state index contributed by atoms with van der Waals surface area (Å²) in [5, 5.41) is 3.05. The Morgan fingerprint density at radius 3 is 2.45 bits per heavy atom. The van der Waals surface area contributed by atoms with Gasteiger partial charge >= 0.3 is 0 Å². The second-order valence-corrected chi connectivity index (χ2v) is 10.7. The molecular weight excluding hydrogens is 528 g/mol. The molecule has 0 bridgehead atoms. The van der Waals surface area contributed by atoms with E-state index >= 15 is 0 Å². The summed E-state index contributed by atoms with van der Waals surface area (Å²) in [5.41, 5.74) is 1.66. The minimum atomic E-state index is -4.02. The highest BCUT2D eigenvalue weighted by Gasteiger charge is 2.28. The lowest BCUT2D eigenvalue weighted by atomic mass is 10.1. The number of carbonyl (C=O) groups excluding carboxylic acids is 1. The molecule has 3 aromatic rings. The van der Waals surface area contributed by atoms with E-state index in [4.69, 9.17) is 16.3 Å². The van der Waals surface area contributed by atoms with Crippen molar-refractivity contribution in [1.29, 1.82) is 0 Å². The molecule has 1 amide bonds. The largest absolute Gasteiger partial charge is 0.495 e. The first kappa shape index (κ1) is 25.2. The van der Waals surface area contributed by atoms with Crippen LogP contribution >= 0.6 is 27.5 Å². The van der Waals surface area contributed by atoms with E-state index in [1.807, 2.05) is 61.5 Å². The van der Waals surface area contributed by atoms with Gasteiger partial charge in [0.2, 0.25) is 15.9 Å². The average molecular weight is 552 g/mol. The van der Waals surface area contributed by atoms with Gasteiger partial charge < -0.3 is 10.1 Å². The Morgan fingerprint density at radius 2 is 1.82 bits per heavy atom. The highest BCUT2D eigenvalue weighted by Crippen LogP contribution is 2.29. The van der Waals surface area contributed by atoms with Gasteiger partial charge in [0.25, 0.3) is 0 Å². The fourth-order valence-corrected chi connectivity index (χ4v) is 5.43. The Bertz CT molecular complexity index is 1220. The van der Waals surface area contributed by atoms with Gasteiger partial charge in [0.15, 0.2) is 0 Å². The number of amides is 1. The number of methoxy groups -OCH3 is 1. The molecule has 0 heterocycles. The van der Waals surface area contributed by atoms with Gasteiger partial charge in [-0.15, -0.1) is 0 Å². The maximum absolute atomic E-state index is 13.5. The SMILES string of the molecule is COc1ccc(S(=O)(=O)N(CC(=O)NC(C)c2cccc(Br)c2)Cc2ccccc2)cc1Cl. The lowest BCUT2D eigenvalue weighted by Crippen LogP contribution is -2.41. The van der Waals surface area contributed by atoms with Crippen molar-refractivity contribution in [3.05, 3.63) is 93.4 Å². The van der Waals surface area contributed by atoms with E-state index < -0.39 is 15.9 Å². The van der Waals surface area contributed by atoms with E-state index in [-0.39, 0.29) is 29.0 Å². The molecule has 33 heavy (non-hydrogen) atoms. The number of sulfonamides is 1. The molecule has 1 N–H and O–H groups in total. The molecule has 0 spiro atoms. The van der Waals surface area contributed by atoms with E-state index in [0.29, 0.717) is 5.75 Å². The monoisotopic (exact) mass is 550 g/mol. The average Bonchev–Trinajstić information content (AvgIpc) is 2.79. The molecule has 0 saturated heterocycles. The van der Waals surface area contributed by atoms with Crippen molar-refractivity contribution in [2.75, 3.05) is 13.7 Å². The van der Waals surface area contributed by atoms with Crippen molar-refractivity contribution in [2.45, 2.75) is 24.4 Å². The van der Waals surface area contributed by atoms with Crippen LogP contribution in [-0.2, 0) is 21.4 Å². The maximum Gasteiger partial charge on any atom is 0.243 e. The van der Waals surface area contributed by atoms with E-state index in [9.17, 15) is 13.2 Å². The molecule has 0 aliphatic heterocycles. The van der Waals surface area contributed by atoms with Crippen molar-refractivity contribution >= 4 is 43.5 Å². The molecule has 1 atom stereocenters. The van der Waals surface area contributed by atoms with Crippen molar-refractivity contribution in [1.82, 2.24) is 9.62 Å². The van der Waals surface area contributed by atoms with Crippen LogP contribution in [0.4, 0.5) is 0 Å². The van der Waals surface area contributed by atoms with Gasteiger partial charge in [-0.1, -0.05) is 70.0 Å². The molecule has 0 aromatic heterocycles. The topological polar surface area (TPSA) is 75.7 Å². The zero-order chi connectivity index (χ0) is 24.0. The van der Waals surface area contributed by atoms with Crippen LogP contribution in [0.1, 0.15) is 24.1 Å². The third kappa shape index (κ3) is 6.57. The Hall–Kier alpha value is -2.39. The van der Waals surface area contributed by atoms with Gasteiger partial charge in [-0.05, 0) is 48.4 Å². The van der Waals surface area contributed by atoms with E-state index in [1.165, 1.54) is 25.3 Å². The highest BCUT2D eigenvalue weighted by molar-refractivity contribution is 9.10. The van der Waals surface area contributed by atoms with Crippen LogP contribution in [0.3, 0.4) is 0 Å². The summed E-state index contributed by atoms with van der Waals surface area (Å²) in [4.78, 5) is 12.9. The quantitative estimate of drug-likeness (QED) is 0.398. The number of ether oxygens (including phenoxy) is 1. The predicted molar refractivity (Wildman–Crippen MR) is 133 cm³/mol. The van der Waals surface area contributed by atoms with E-state index in [2.05, 4.69) is 21.2 Å². The number of hydrogen-bond acceptors (Lipinski definition) is 4. The lowest BCUT2D eigenvalue weighted by molar-refractivity contribution is -0.122. The van der Waals surface area contributed by atoms with Crippen molar-refractivity contribution in [3.8, 4) is 5.75 Å². The lowest BCUT2D eigenvalue weighted by Gasteiger charge is -2.23. The Labute approximate surface area is 207 Å². The summed E-state index contributed by atoms with van der Waals surface area (Å²) in [6, 6.07) is 20.6. The number of halogens is 2. The summed E-state index contributed by atoms with van der Waals surface area (Å²) in [7, 11) is -2.57. The minimum Gasteiger partial charge on any atom is -0.495 e. The molecule has 3 rings (SSSR count). The number of nitrogens with zero attached hydrogens (tertiary/aromatic N) is 1. The number of hydrogen-bond donors (Lipinski definition) is 1. The normalized spacial score (nSPS) is 12.4. The molecule has 0 saturated carbocycles. The third-order valence-electron chi connectivity index (χ3n) is 5.01. The van der Waals surface area contributed by atoms with Crippen LogP contribution < -0.4 is 10.1 Å². The van der Waals surface area contributed by atoms with Crippen molar-refractivity contribution < 1.29 is 17.9 Å². The van der Waals surface area contributed by atoms with Crippen LogP contribution in [0.15, 0.2) is 82.2 Å². The van der Waals surface area contributed by atoms with Crippen LogP contribution in [0.25, 0.3) is 0 Å². The molecule has 0 aliphatic carbocycles. The first-order valence-corrected chi connectivity index (χ1v) is 12.7. The summed E-state index contributed by atoms with van der Waals surface area (Å²) < 4.78 is 34.1. The smallest absolute Gasteiger partial charge is 0.243 e. The van der Waals surface area contributed by atoms with Gasteiger partial charge in [-0.3, -0.25) is 4.79 Å². The second-order valence-electron chi connectivity index (χ2n) is 7.40. The van der Waals surface area contributed by atoms with Gasteiger partial charge in [-0.25, -0.2) is 8.42 Å². The molecule has 0 radical (unpaired) electrons. The number of rotatable bonds is 9. The maximum atomic E-state index is 13.5. The van der Waals surface area contributed by atoms with Gasteiger partial charge in [-0.2, -0.15) is 4.31 Å². The molecule has 1 unspecified atom stereocenters. The molecule has 6 nitrogen and oxygen atoms in total. The molecule has 0 fully saturated rings. The van der Waals surface area contributed by atoms with Gasteiger partial charge in [0.1, 0.15) is 5.75 Å². The molecule has 9 heteroatoms. The van der Waals surface area contributed by atoms with Gasteiger partial charge in [0, 0.05) is 11.0 Å². The first-order valence-electron chi connectivity index (χ1n) is 10.1. The number of nitrogens with one attached hydrogen (secondary N) is 1. The fourth-order valence-electron chi connectivity index (χ4n) is 3.28. The van der Waals surface area contributed by atoms with Crippen LogP contribution in [0.2, 0.25) is 5.02 Å². The number of benzene rings is 3. The number of carbonyl (C=O) groups is 1. The Balaban J connectivity index is 1.86. The van der Waals surface area contributed by atoms with Crippen LogP contribution in [0.5, 0.6) is 5.75 Å². The van der Waals surface area contributed by atoms with Crippen LogP contribution in [0, 0.1) is 0 Å². The predicted octanol–water partition coefficient (Wildman–Crippen LogP) is 5.18. The zero-order valence-corrected chi connectivity index (χ0v) is 21.3. The molecular formula is C24H24BrClN2O4S. The van der Waals surface area contributed by atoms with Gasteiger partial charge in [0.05, 0.1) is 29.6 Å². The van der Waals surface area contributed by atoms with Crippen LogP contribution in [-0.4, -0.2) is 32.3 Å². The van der Waals surface area contributed by atoms with Crippen molar-refractivity contribution in [3.63, 3.8) is 0 Å². The summed E-state index contributed by atoms with van der Waals surface area (Å²) in [6.07, 6.45) is 0. The first-order chi connectivity index (χ1) is 15.7. The summed E-state index contributed by atoms with van der Waals surface area (Å²) >= 11 is 9.59. The van der Waals surface area contributed by atoms with E-state index in [0.717, 1.165) is 19.9 Å². The Morgan fingerprint density at radius 1 is 1.09 bits per heavy atom. The molecule has 3 aromatic carbocycles. The second kappa shape index (κ2) is 11.2. The Kier molecular flexibility index (Phi) is 8.53. The molecule has 0 aliphatic rings. The minimum absolute atomic E-state index is 0.0166. The highest BCUT2D eigenvalue weighted by atomic mass is 79.9. The standard InChI is InChI=1S/C24H24BrClN2O4S/c1-17(19-9-6-10-20(25)13-19)27-24(29)16-28(15-18-7-4-3-5-8-18)33(30,31)21-11-12-23(32-2)22(26)14-21/h3-14,17H,15-16H2,1-2H3,(H,27,29). The molecule has 174 valence electrons. The summed E-state index contributed by atoms with van der Waals surface area (Å²) in [6.45, 7) is 1.53. The van der Waals surface area contributed by atoms with Crippen molar-refractivity contribution in [2.24, 2.45) is 0 Å². The summed E-state index contributed by atoms with van der Waals surface area (Å²) in [5.74, 6) is -0.0487. The van der Waals surface area contributed by atoms with E-state index in [1.54, 1.807) is 0 Å². The third-order valence-corrected chi connectivity index (χ3v) is 7.59. The fraction of sp³-hybridized carbons (Fsp3) is 0.208.